The van der Waals surface area contributed by atoms with Gasteiger partial charge in [0.25, 0.3) is 0 Å². The van der Waals surface area contributed by atoms with Crippen molar-refractivity contribution in [3.63, 3.8) is 0 Å². The van der Waals surface area contributed by atoms with Crippen LogP contribution in [0.5, 0.6) is 0 Å². The molecular formula is C16H21N3O. The van der Waals surface area contributed by atoms with E-state index in [-0.39, 0.29) is 5.60 Å². The van der Waals surface area contributed by atoms with Crippen LogP contribution in [0, 0.1) is 11.3 Å². The zero-order chi connectivity index (χ0) is 14.9. The number of ether oxygens (including phenoxy) is 1. The van der Waals surface area contributed by atoms with Crippen molar-refractivity contribution in [3.8, 4) is 6.07 Å². The summed E-state index contributed by atoms with van der Waals surface area (Å²) in [5.74, 6) is 0.997. The summed E-state index contributed by atoms with van der Waals surface area (Å²) in [6.45, 7) is 8.39. The zero-order valence-corrected chi connectivity index (χ0v) is 12.8. The Labute approximate surface area is 120 Å². The number of methoxy groups -OCH3 is 1. The molecule has 0 spiro atoms. The molecule has 1 aromatic carbocycles. The smallest absolute Gasteiger partial charge is 0.112 e. The highest BCUT2D eigenvalue weighted by molar-refractivity contribution is 5.78. The second-order valence-corrected chi connectivity index (χ2v) is 5.95. The molecule has 20 heavy (non-hydrogen) atoms. The van der Waals surface area contributed by atoms with Crippen molar-refractivity contribution in [1.82, 2.24) is 9.55 Å². The summed E-state index contributed by atoms with van der Waals surface area (Å²) >= 11 is 0. The molecule has 0 saturated carbocycles. The maximum atomic E-state index is 9.00. The molecule has 0 fully saturated rings. The molecule has 0 N–H and O–H groups in total. The summed E-state index contributed by atoms with van der Waals surface area (Å²) in [7, 11) is 1.72. The van der Waals surface area contributed by atoms with E-state index in [0.29, 0.717) is 11.6 Å². The first-order valence-electron chi connectivity index (χ1n) is 6.84. The normalized spacial score (nSPS) is 12.1. The van der Waals surface area contributed by atoms with Gasteiger partial charge in [-0.1, -0.05) is 0 Å². The highest BCUT2D eigenvalue weighted by atomic mass is 16.5. The van der Waals surface area contributed by atoms with Gasteiger partial charge in [0.05, 0.1) is 28.3 Å². The van der Waals surface area contributed by atoms with Crippen molar-refractivity contribution in [2.75, 3.05) is 7.11 Å². The molecule has 0 aliphatic rings. The number of rotatable bonds is 4. The minimum atomic E-state index is -0.258. The minimum Gasteiger partial charge on any atom is -0.378 e. The van der Waals surface area contributed by atoms with Gasteiger partial charge in [0, 0.05) is 19.6 Å². The van der Waals surface area contributed by atoms with Crippen molar-refractivity contribution in [3.05, 3.63) is 29.6 Å². The average Bonchev–Trinajstić information content (AvgIpc) is 2.74. The number of nitriles is 1. The number of fused-ring (bicyclic) bond motifs is 1. The first-order valence-corrected chi connectivity index (χ1v) is 6.84. The Hall–Kier alpha value is -1.86. The van der Waals surface area contributed by atoms with Crippen LogP contribution in [0.1, 0.15) is 45.1 Å². The van der Waals surface area contributed by atoms with Crippen LogP contribution >= 0.6 is 0 Å². The third-order valence-corrected chi connectivity index (χ3v) is 3.54. The highest BCUT2D eigenvalue weighted by Crippen LogP contribution is 2.25. The van der Waals surface area contributed by atoms with E-state index in [1.165, 1.54) is 0 Å². The lowest BCUT2D eigenvalue weighted by Crippen LogP contribution is -2.27. The molecule has 1 aromatic heterocycles. The lowest BCUT2D eigenvalue weighted by molar-refractivity contribution is 0.0208. The summed E-state index contributed by atoms with van der Waals surface area (Å²) in [6, 6.07) is 8.14. The molecule has 4 nitrogen and oxygen atoms in total. The summed E-state index contributed by atoms with van der Waals surface area (Å²) in [5, 5.41) is 9.00. The third-order valence-electron chi connectivity index (χ3n) is 3.54. The lowest BCUT2D eigenvalue weighted by Gasteiger charge is -2.23. The van der Waals surface area contributed by atoms with Crippen molar-refractivity contribution < 1.29 is 4.74 Å². The summed E-state index contributed by atoms with van der Waals surface area (Å²) in [4.78, 5) is 4.71. The van der Waals surface area contributed by atoms with Crippen LogP contribution in [0.4, 0.5) is 0 Å². The van der Waals surface area contributed by atoms with Gasteiger partial charge in [-0.15, -0.1) is 0 Å². The highest BCUT2D eigenvalue weighted by Gasteiger charge is 2.23. The Kier molecular flexibility index (Phi) is 3.82. The van der Waals surface area contributed by atoms with E-state index < -0.39 is 0 Å². The van der Waals surface area contributed by atoms with Crippen LogP contribution in [-0.4, -0.2) is 22.3 Å². The number of hydrogen-bond donors (Lipinski definition) is 0. The predicted octanol–water partition coefficient (Wildman–Crippen LogP) is 3.46. The minimum absolute atomic E-state index is 0.258. The van der Waals surface area contributed by atoms with Crippen LogP contribution in [-0.2, 0) is 11.2 Å². The van der Waals surface area contributed by atoms with E-state index in [0.717, 1.165) is 23.3 Å². The maximum Gasteiger partial charge on any atom is 0.112 e. The lowest BCUT2D eigenvalue weighted by atomic mass is 10.0. The molecule has 4 heteroatoms. The summed E-state index contributed by atoms with van der Waals surface area (Å²) in [6.07, 6.45) is 0.734. The molecule has 0 atom stereocenters. The van der Waals surface area contributed by atoms with E-state index in [1.54, 1.807) is 7.11 Å². The molecule has 106 valence electrons. The molecule has 0 radical (unpaired) electrons. The second kappa shape index (κ2) is 5.26. The van der Waals surface area contributed by atoms with Crippen molar-refractivity contribution in [1.29, 1.82) is 5.26 Å². The molecule has 2 aromatic rings. The van der Waals surface area contributed by atoms with E-state index in [1.807, 2.05) is 18.2 Å². The topological polar surface area (TPSA) is 50.8 Å². The standard InChI is InChI=1S/C16H21N3O/c1-11(2)19-14-7-6-12(10-17)8-13(14)18-15(19)9-16(3,4)20-5/h6-8,11H,9H2,1-5H3. The van der Waals surface area contributed by atoms with Crippen LogP contribution in [0.25, 0.3) is 11.0 Å². The van der Waals surface area contributed by atoms with Gasteiger partial charge in [-0.2, -0.15) is 5.26 Å². The largest absolute Gasteiger partial charge is 0.378 e. The molecule has 0 aliphatic carbocycles. The van der Waals surface area contributed by atoms with Gasteiger partial charge in [-0.05, 0) is 45.9 Å². The van der Waals surface area contributed by atoms with Gasteiger partial charge in [0.2, 0.25) is 0 Å². The van der Waals surface area contributed by atoms with Crippen molar-refractivity contribution in [2.45, 2.75) is 45.8 Å². The molecule has 2 rings (SSSR count). The zero-order valence-electron chi connectivity index (χ0n) is 12.8. The first-order chi connectivity index (χ1) is 9.38. The van der Waals surface area contributed by atoms with Crippen LogP contribution < -0.4 is 0 Å². The Morgan fingerprint density at radius 1 is 1.40 bits per heavy atom. The van der Waals surface area contributed by atoms with Gasteiger partial charge in [0.1, 0.15) is 5.82 Å². The molecule has 0 unspecified atom stereocenters. The van der Waals surface area contributed by atoms with Crippen LogP contribution in [0.2, 0.25) is 0 Å². The fraction of sp³-hybridized carbons (Fsp3) is 0.500. The van der Waals surface area contributed by atoms with Crippen molar-refractivity contribution >= 4 is 11.0 Å². The Balaban J connectivity index is 2.59. The fourth-order valence-corrected chi connectivity index (χ4v) is 2.37. The molecule has 0 saturated heterocycles. The summed E-state index contributed by atoms with van der Waals surface area (Å²) in [5.41, 5.74) is 2.33. The van der Waals surface area contributed by atoms with Crippen LogP contribution in [0.3, 0.4) is 0 Å². The first kappa shape index (κ1) is 14.5. The number of imidazole rings is 1. The van der Waals surface area contributed by atoms with E-state index in [9.17, 15) is 0 Å². The molecule has 0 amide bonds. The average molecular weight is 271 g/mol. The molecule has 0 bridgehead atoms. The third kappa shape index (κ3) is 2.68. The molecular weight excluding hydrogens is 250 g/mol. The van der Waals surface area contributed by atoms with E-state index >= 15 is 0 Å². The maximum absolute atomic E-state index is 9.00. The van der Waals surface area contributed by atoms with Gasteiger partial charge in [0.15, 0.2) is 0 Å². The van der Waals surface area contributed by atoms with Crippen LogP contribution in [0.15, 0.2) is 18.2 Å². The number of hydrogen-bond acceptors (Lipinski definition) is 3. The molecule has 0 aliphatic heterocycles. The number of aromatic nitrogens is 2. The summed E-state index contributed by atoms with van der Waals surface area (Å²) < 4.78 is 7.73. The number of benzene rings is 1. The van der Waals surface area contributed by atoms with Gasteiger partial charge < -0.3 is 9.30 Å². The Bertz CT molecular complexity index is 662. The number of nitrogens with zero attached hydrogens (tertiary/aromatic N) is 3. The molecule has 1 heterocycles. The quantitative estimate of drug-likeness (QED) is 0.855. The van der Waals surface area contributed by atoms with E-state index in [2.05, 4.69) is 38.3 Å². The Morgan fingerprint density at radius 2 is 2.10 bits per heavy atom. The van der Waals surface area contributed by atoms with Gasteiger partial charge in [-0.3, -0.25) is 0 Å². The van der Waals surface area contributed by atoms with Crippen molar-refractivity contribution in [2.24, 2.45) is 0 Å². The van der Waals surface area contributed by atoms with Gasteiger partial charge >= 0.3 is 0 Å². The Morgan fingerprint density at radius 3 is 2.65 bits per heavy atom. The fourth-order valence-electron chi connectivity index (χ4n) is 2.37. The van der Waals surface area contributed by atoms with Gasteiger partial charge in [-0.25, -0.2) is 4.98 Å². The predicted molar refractivity (Wildman–Crippen MR) is 79.6 cm³/mol. The van der Waals surface area contributed by atoms with E-state index in [4.69, 9.17) is 15.0 Å². The second-order valence-electron chi connectivity index (χ2n) is 5.95. The SMILES string of the molecule is COC(C)(C)Cc1nc2cc(C#N)ccc2n1C(C)C. The monoisotopic (exact) mass is 271 g/mol.